The van der Waals surface area contributed by atoms with E-state index in [1.165, 1.54) is 11.1 Å². The van der Waals surface area contributed by atoms with Gasteiger partial charge in [-0.15, -0.1) is 0 Å². The van der Waals surface area contributed by atoms with Crippen LogP contribution in [-0.2, 0) is 11.5 Å². The second kappa shape index (κ2) is 7.36. The van der Waals surface area contributed by atoms with E-state index < -0.39 is 0 Å². The molecule has 2 aromatic rings. The van der Waals surface area contributed by atoms with Crippen LogP contribution in [0.2, 0.25) is 0 Å². The van der Waals surface area contributed by atoms with E-state index in [1.807, 2.05) is 36.9 Å². The zero-order chi connectivity index (χ0) is 14.4. The third kappa shape index (κ3) is 4.02. The minimum Gasteiger partial charge on any atom is -0.496 e. The fourth-order valence-corrected chi connectivity index (χ4v) is 3.02. The molecule has 0 saturated carbocycles. The van der Waals surface area contributed by atoms with Crippen LogP contribution in [0.4, 0.5) is 0 Å². The van der Waals surface area contributed by atoms with Gasteiger partial charge in [-0.2, -0.15) is 11.8 Å². The van der Waals surface area contributed by atoms with Gasteiger partial charge in [-0.1, -0.05) is 36.4 Å². The first kappa shape index (κ1) is 14.9. The van der Waals surface area contributed by atoms with Crippen molar-refractivity contribution < 1.29 is 4.74 Å². The highest BCUT2D eigenvalue weighted by molar-refractivity contribution is 7.97. The van der Waals surface area contributed by atoms with E-state index >= 15 is 0 Å². The maximum absolute atomic E-state index is 5.95. The fourth-order valence-electron chi connectivity index (χ4n) is 2.05. The maximum atomic E-state index is 5.95. The molecule has 0 saturated heterocycles. The van der Waals surface area contributed by atoms with Crippen molar-refractivity contribution >= 4 is 11.8 Å². The second-order valence-electron chi connectivity index (χ2n) is 4.84. The minimum atomic E-state index is 0.0544. The molecular weight excluding hydrogens is 266 g/mol. The lowest BCUT2D eigenvalue weighted by molar-refractivity contribution is 0.411. The molecule has 0 heterocycles. The van der Waals surface area contributed by atoms with Crippen molar-refractivity contribution in [2.24, 2.45) is 5.73 Å². The van der Waals surface area contributed by atoms with Crippen LogP contribution in [0.15, 0.2) is 48.5 Å². The molecule has 0 fully saturated rings. The van der Waals surface area contributed by atoms with Crippen LogP contribution < -0.4 is 10.5 Å². The standard InChI is InChI=1S/C17H21NOS/c1-13(18)15-8-9-17(19-2)16(10-15)12-20-11-14-6-4-3-5-7-14/h3-10,13H,11-12,18H2,1-2H3. The van der Waals surface area contributed by atoms with E-state index in [0.29, 0.717) is 0 Å². The molecule has 106 valence electrons. The zero-order valence-corrected chi connectivity index (χ0v) is 12.8. The Balaban J connectivity index is 2.02. The monoisotopic (exact) mass is 287 g/mol. The summed E-state index contributed by atoms with van der Waals surface area (Å²) in [5.41, 5.74) is 9.66. The Labute approximate surface area is 125 Å². The predicted octanol–water partition coefficient (Wildman–Crippen LogP) is 4.15. The van der Waals surface area contributed by atoms with Crippen LogP contribution in [0.1, 0.15) is 29.7 Å². The summed E-state index contributed by atoms with van der Waals surface area (Å²) in [6, 6.07) is 16.8. The van der Waals surface area contributed by atoms with Crippen molar-refractivity contribution in [2.45, 2.75) is 24.5 Å². The largest absolute Gasteiger partial charge is 0.496 e. The van der Waals surface area contributed by atoms with Crippen molar-refractivity contribution in [3.05, 3.63) is 65.2 Å². The van der Waals surface area contributed by atoms with Gasteiger partial charge in [0, 0.05) is 23.1 Å². The molecule has 0 aliphatic heterocycles. The molecule has 2 rings (SSSR count). The molecule has 0 radical (unpaired) electrons. The number of rotatable bonds is 6. The lowest BCUT2D eigenvalue weighted by atomic mass is 10.1. The van der Waals surface area contributed by atoms with Crippen molar-refractivity contribution in [3.63, 3.8) is 0 Å². The Morgan fingerprint density at radius 3 is 2.50 bits per heavy atom. The van der Waals surface area contributed by atoms with Crippen molar-refractivity contribution in [3.8, 4) is 5.75 Å². The van der Waals surface area contributed by atoms with Gasteiger partial charge in [0.1, 0.15) is 5.75 Å². The molecule has 0 spiro atoms. The lowest BCUT2D eigenvalue weighted by Gasteiger charge is -2.12. The predicted molar refractivity (Wildman–Crippen MR) is 87.0 cm³/mol. The Kier molecular flexibility index (Phi) is 5.50. The first-order valence-corrected chi connectivity index (χ1v) is 7.90. The average molecular weight is 287 g/mol. The van der Waals surface area contributed by atoms with Crippen LogP contribution in [0.5, 0.6) is 5.75 Å². The molecule has 1 atom stereocenters. The minimum absolute atomic E-state index is 0.0544. The van der Waals surface area contributed by atoms with Gasteiger partial charge in [0.25, 0.3) is 0 Å². The first-order chi connectivity index (χ1) is 9.70. The summed E-state index contributed by atoms with van der Waals surface area (Å²) < 4.78 is 5.43. The van der Waals surface area contributed by atoms with Gasteiger partial charge in [0.15, 0.2) is 0 Å². The number of ether oxygens (including phenoxy) is 1. The highest BCUT2D eigenvalue weighted by Crippen LogP contribution is 2.27. The summed E-state index contributed by atoms with van der Waals surface area (Å²) in [6.45, 7) is 2.00. The van der Waals surface area contributed by atoms with Crippen LogP contribution in [-0.4, -0.2) is 7.11 Å². The molecule has 2 aromatic carbocycles. The van der Waals surface area contributed by atoms with Gasteiger partial charge in [-0.05, 0) is 30.2 Å². The van der Waals surface area contributed by atoms with Gasteiger partial charge >= 0.3 is 0 Å². The number of hydrogen-bond acceptors (Lipinski definition) is 3. The normalized spacial score (nSPS) is 12.2. The summed E-state index contributed by atoms with van der Waals surface area (Å²) in [5.74, 6) is 2.88. The van der Waals surface area contributed by atoms with E-state index in [1.54, 1.807) is 7.11 Å². The summed E-state index contributed by atoms with van der Waals surface area (Å²) in [6.07, 6.45) is 0. The van der Waals surface area contributed by atoms with Crippen LogP contribution in [0, 0.1) is 0 Å². The van der Waals surface area contributed by atoms with Crippen LogP contribution in [0.3, 0.4) is 0 Å². The van der Waals surface area contributed by atoms with E-state index in [2.05, 4.69) is 30.3 Å². The smallest absolute Gasteiger partial charge is 0.122 e. The molecule has 1 unspecified atom stereocenters. The molecule has 2 nitrogen and oxygen atoms in total. The van der Waals surface area contributed by atoms with Gasteiger partial charge in [-0.3, -0.25) is 0 Å². The van der Waals surface area contributed by atoms with E-state index in [-0.39, 0.29) is 6.04 Å². The molecular formula is C17H21NOS. The molecule has 0 aromatic heterocycles. The van der Waals surface area contributed by atoms with Crippen molar-refractivity contribution in [1.29, 1.82) is 0 Å². The molecule has 0 aliphatic rings. The van der Waals surface area contributed by atoms with E-state index in [9.17, 15) is 0 Å². The molecule has 3 heteroatoms. The van der Waals surface area contributed by atoms with Gasteiger partial charge < -0.3 is 10.5 Å². The first-order valence-electron chi connectivity index (χ1n) is 6.74. The Hall–Kier alpha value is -1.45. The summed E-state index contributed by atoms with van der Waals surface area (Å²) in [4.78, 5) is 0. The number of methoxy groups -OCH3 is 1. The maximum Gasteiger partial charge on any atom is 0.122 e. The number of nitrogens with two attached hydrogens (primary N) is 1. The third-order valence-electron chi connectivity index (χ3n) is 3.20. The van der Waals surface area contributed by atoms with Gasteiger partial charge in [0.2, 0.25) is 0 Å². The second-order valence-corrected chi connectivity index (χ2v) is 5.82. The van der Waals surface area contributed by atoms with Gasteiger partial charge in [-0.25, -0.2) is 0 Å². The highest BCUT2D eigenvalue weighted by Gasteiger charge is 2.07. The molecule has 2 N–H and O–H groups in total. The van der Waals surface area contributed by atoms with E-state index in [0.717, 1.165) is 22.8 Å². The zero-order valence-electron chi connectivity index (χ0n) is 12.0. The fraction of sp³-hybridized carbons (Fsp3) is 0.294. The summed E-state index contributed by atoms with van der Waals surface area (Å²) >= 11 is 1.89. The Morgan fingerprint density at radius 2 is 1.85 bits per heavy atom. The van der Waals surface area contributed by atoms with E-state index in [4.69, 9.17) is 10.5 Å². The van der Waals surface area contributed by atoms with Crippen LogP contribution in [0.25, 0.3) is 0 Å². The Morgan fingerprint density at radius 1 is 1.10 bits per heavy atom. The van der Waals surface area contributed by atoms with Crippen molar-refractivity contribution in [2.75, 3.05) is 7.11 Å². The quantitative estimate of drug-likeness (QED) is 0.867. The summed E-state index contributed by atoms with van der Waals surface area (Å²) in [5, 5.41) is 0. The number of benzene rings is 2. The number of hydrogen-bond donors (Lipinski definition) is 1. The highest BCUT2D eigenvalue weighted by atomic mass is 32.2. The molecule has 0 aliphatic carbocycles. The third-order valence-corrected chi connectivity index (χ3v) is 4.25. The molecule has 0 bridgehead atoms. The average Bonchev–Trinajstić information content (AvgIpc) is 2.48. The van der Waals surface area contributed by atoms with Crippen molar-refractivity contribution in [1.82, 2.24) is 0 Å². The Bertz CT molecular complexity index is 540. The summed E-state index contributed by atoms with van der Waals surface area (Å²) in [7, 11) is 1.71. The molecule has 0 amide bonds. The topological polar surface area (TPSA) is 35.2 Å². The number of thioether (sulfide) groups is 1. The molecule has 20 heavy (non-hydrogen) atoms. The SMILES string of the molecule is COc1ccc(C(C)N)cc1CSCc1ccccc1. The van der Waals surface area contributed by atoms with Crippen LogP contribution >= 0.6 is 11.8 Å². The van der Waals surface area contributed by atoms with Gasteiger partial charge in [0.05, 0.1) is 7.11 Å². The lowest BCUT2D eigenvalue weighted by Crippen LogP contribution is -2.05.